The monoisotopic (exact) mass is 437 g/mol. The van der Waals surface area contributed by atoms with Crippen molar-refractivity contribution < 1.29 is 13.2 Å². The quantitative estimate of drug-likeness (QED) is 0.779. The number of hydrogen-bond acceptors (Lipinski definition) is 4. The van der Waals surface area contributed by atoms with Gasteiger partial charge < -0.3 is 5.32 Å². The molecule has 26 heavy (non-hydrogen) atoms. The fraction of sp³-hybridized carbons (Fsp3) is 0.333. The highest BCUT2D eigenvalue weighted by Crippen LogP contribution is 2.26. The largest absolute Gasteiger partial charge is 0.351 e. The van der Waals surface area contributed by atoms with E-state index in [4.69, 9.17) is 0 Å². The highest BCUT2D eigenvalue weighted by atomic mass is 79.9. The summed E-state index contributed by atoms with van der Waals surface area (Å²) < 4.78 is 28.2. The third-order valence-electron chi connectivity index (χ3n) is 4.39. The van der Waals surface area contributed by atoms with E-state index in [0.29, 0.717) is 19.5 Å². The predicted octanol–water partition coefficient (Wildman–Crippen LogP) is 2.70. The first-order chi connectivity index (χ1) is 12.5. The molecule has 1 aliphatic heterocycles. The molecule has 1 aromatic carbocycles. The Morgan fingerprint density at radius 1 is 1.15 bits per heavy atom. The van der Waals surface area contributed by atoms with Crippen LogP contribution in [0.5, 0.6) is 0 Å². The Kier molecular flexibility index (Phi) is 6.05. The first kappa shape index (κ1) is 19.0. The maximum atomic E-state index is 13.0. The number of amides is 1. The number of rotatable bonds is 5. The molecule has 1 aromatic heterocycles. The minimum Gasteiger partial charge on any atom is -0.351 e. The van der Waals surface area contributed by atoms with Gasteiger partial charge in [0.05, 0.1) is 4.90 Å². The molecule has 1 atom stereocenters. The third-order valence-corrected chi connectivity index (χ3v) is 6.84. The van der Waals surface area contributed by atoms with E-state index in [9.17, 15) is 13.2 Å². The van der Waals surface area contributed by atoms with Crippen molar-refractivity contribution in [2.75, 3.05) is 6.54 Å². The molecule has 0 spiro atoms. The van der Waals surface area contributed by atoms with Crippen LogP contribution in [0.4, 0.5) is 0 Å². The zero-order chi connectivity index (χ0) is 18.6. The lowest BCUT2D eigenvalue weighted by molar-refractivity contribution is -0.125. The van der Waals surface area contributed by atoms with Crippen LogP contribution in [0.1, 0.15) is 24.8 Å². The number of carbonyl (C=O) groups is 1. The SMILES string of the molecule is O=C(NCc1ccncc1)C1CCCCN1S(=O)(=O)c1ccc(Br)cc1. The predicted molar refractivity (Wildman–Crippen MR) is 102 cm³/mol. The lowest BCUT2D eigenvalue weighted by atomic mass is 10.0. The van der Waals surface area contributed by atoms with Crippen LogP contribution in [-0.4, -0.2) is 36.2 Å². The second kappa shape index (κ2) is 8.28. The molecule has 8 heteroatoms. The van der Waals surface area contributed by atoms with E-state index < -0.39 is 16.1 Å². The number of pyridine rings is 1. The normalized spacial score (nSPS) is 18.4. The van der Waals surface area contributed by atoms with E-state index in [1.165, 1.54) is 4.31 Å². The number of carbonyl (C=O) groups excluding carboxylic acids is 1. The highest BCUT2D eigenvalue weighted by Gasteiger charge is 2.37. The van der Waals surface area contributed by atoms with E-state index in [1.807, 2.05) is 12.1 Å². The number of sulfonamides is 1. The smallest absolute Gasteiger partial charge is 0.243 e. The van der Waals surface area contributed by atoms with E-state index in [1.54, 1.807) is 36.7 Å². The molecule has 1 unspecified atom stereocenters. The van der Waals surface area contributed by atoms with Gasteiger partial charge in [-0.25, -0.2) is 8.42 Å². The van der Waals surface area contributed by atoms with E-state index in [2.05, 4.69) is 26.2 Å². The Morgan fingerprint density at radius 3 is 2.54 bits per heavy atom. The molecule has 2 heterocycles. The zero-order valence-electron chi connectivity index (χ0n) is 14.1. The van der Waals surface area contributed by atoms with E-state index in [-0.39, 0.29) is 10.8 Å². The summed E-state index contributed by atoms with van der Waals surface area (Å²) in [4.78, 5) is 16.8. The van der Waals surface area contributed by atoms with Crippen molar-refractivity contribution in [3.8, 4) is 0 Å². The van der Waals surface area contributed by atoms with Gasteiger partial charge in [0.25, 0.3) is 0 Å². The summed E-state index contributed by atoms with van der Waals surface area (Å²) in [5, 5.41) is 2.85. The Balaban J connectivity index is 1.76. The van der Waals surface area contributed by atoms with Crippen LogP contribution >= 0.6 is 15.9 Å². The van der Waals surface area contributed by atoms with E-state index >= 15 is 0 Å². The Morgan fingerprint density at radius 2 is 1.85 bits per heavy atom. The maximum Gasteiger partial charge on any atom is 0.243 e. The molecule has 2 aromatic rings. The molecule has 0 saturated carbocycles. The first-order valence-corrected chi connectivity index (χ1v) is 10.7. The number of nitrogens with zero attached hydrogens (tertiary/aromatic N) is 2. The number of piperidine rings is 1. The standard InChI is InChI=1S/C18H20BrN3O3S/c19-15-4-6-16(7-5-15)26(24,25)22-12-2-1-3-17(22)18(23)21-13-14-8-10-20-11-9-14/h4-11,17H,1-3,12-13H2,(H,21,23). The molecule has 0 radical (unpaired) electrons. The van der Waals surface area contributed by atoms with Gasteiger partial charge in [-0.2, -0.15) is 4.31 Å². The molecule has 6 nitrogen and oxygen atoms in total. The number of nitrogens with one attached hydrogen (secondary N) is 1. The van der Waals surface area contributed by atoms with Crippen molar-refractivity contribution in [3.05, 3.63) is 58.8 Å². The number of halogens is 1. The molecule has 0 bridgehead atoms. The van der Waals surface area contributed by atoms with Crippen molar-refractivity contribution in [2.45, 2.75) is 36.7 Å². The Bertz CT molecular complexity index is 857. The second-order valence-corrected chi connectivity index (χ2v) is 8.96. The highest BCUT2D eigenvalue weighted by molar-refractivity contribution is 9.10. The fourth-order valence-electron chi connectivity index (χ4n) is 3.00. The minimum atomic E-state index is -3.71. The van der Waals surface area contributed by atoms with Crippen LogP contribution in [0.15, 0.2) is 58.2 Å². The zero-order valence-corrected chi connectivity index (χ0v) is 16.5. The number of aromatic nitrogens is 1. The van der Waals surface area contributed by atoms with Gasteiger partial charge in [0.15, 0.2) is 0 Å². The average molecular weight is 438 g/mol. The van der Waals surface area contributed by atoms with Gasteiger partial charge in [-0.15, -0.1) is 0 Å². The van der Waals surface area contributed by atoms with Crippen LogP contribution in [0.2, 0.25) is 0 Å². The molecule has 1 fully saturated rings. The van der Waals surface area contributed by atoms with Gasteiger partial charge >= 0.3 is 0 Å². The van der Waals surface area contributed by atoms with Gasteiger partial charge in [0.1, 0.15) is 6.04 Å². The average Bonchev–Trinajstić information content (AvgIpc) is 2.67. The summed E-state index contributed by atoms with van der Waals surface area (Å²) >= 11 is 3.31. The van der Waals surface area contributed by atoms with E-state index in [0.717, 1.165) is 22.9 Å². The van der Waals surface area contributed by atoms with Gasteiger partial charge in [-0.3, -0.25) is 9.78 Å². The molecule has 0 aliphatic carbocycles. The van der Waals surface area contributed by atoms with Crippen molar-refractivity contribution in [2.24, 2.45) is 0 Å². The first-order valence-electron chi connectivity index (χ1n) is 8.42. The maximum absolute atomic E-state index is 13.0. The molecular weight excluding hydrogens is 418 g/mol. The van der Waals surface area contributed by atoms with Crippen LogP contribution in [0.3, 0.4) is 0 Å². The third kappa shape index (κ3) is 4.31. The number of benzene rings is 1. The van der Waals surface area contributed by atoms with Gasteiger partial charge in [-0.05, 0) is 54.8 Å². The van der Waals surface area contributed by atoms with Gasteiger partial charge in [0, 0.05) is 30.0 Å². The molecule has 1 saturated heterocycles. The molecular formula is C18H20BrN3O3S. The second-order valence-electron chi connectivity index (χ2n) is 6.15. The molecule has 3 rings (SSSR count). The molecule has 1 N–H and O–H groups in total. The topological polar surface area (TPSA) is 79.4 Å². The summed E-state index contributed by atoms with van der Waals surface area (Å²) in [5.74, 6) is -0.262. The van der Waals surface area contributed by atoms with Crippen LogP contribution in [0, 0.1) is 0 Å². The van der Waals surface area contributed by atoms with Gasteiger partial charge in [-0.1, -0.05) is 22.4 Å². The summed E-state index contributed by atoms with van der Waals surface area (Å²) in [6, 6.07) is 9.44. The Hall–Kier alpha value is -1.77. The van der Waals surface area contributed by atoms with Gasteiger partial charge in [0.2, 0.25) is 15.9 Å². The van der Waals surface area contributed by atoms with Crippen molar-refractivity contribution >= 4 is 31.9 Å². The molecule has 138 valence electrons. The van der Waals surface area contributed by atoms with Crippen LogP contribution in [0.25, 0.3) is 0 Å². The van der Waals surface area contributed by atoms with Crippen molar-refractivity contribution in [1.82, 2.24) is 14.6 Å². The lowest BCUT2D eigenvalue weighted by Crippen LogP contribution is -2.51. The summed E-state index contributed by atoms with van der Waals surface area (Å²) in [7, 11) is -3.71. The van der Waals surface area contributed by atoms with Crippen molar-refractivity contribution in [1.29, 1.82) is 0 Å². The minimum absolute atomic E-state index is 0.203. The Labute approximate surface area is 161 Å². The summed E-state index contributed by atoms with van der Waals surface area (Å²) in [6.45, 7) is 0.704. The molecule has 1 amide bonds. The van der Waals surface area contributed by atoms with Crippen molar-refractivity contribution in [3.63, 3.8) is 0 Å². The van der Waals surface area contributed by atoms with Crippen LogP contribution in [-0.2, 0) is 21.4 Å². The summed E-state index contributed by atoms with van der Waals surface area (Å²) in [6.07, 6.45) is 5.43. The fourth-order valence-corrected chi connectivity index (χ4v) is 4.93. The lowest BCUT2D eigenvalue weighted by Gasteiger charge is -2.33. The number of hydrogen-bond donors (Lipinski definition) is 1. The summed E-state index contributed by atoms with van der Waals surface area (Å²) in [5.41, 5.74) is 0.923. The van der Waals surface area contributed by atoms with Crippen LogP contribution < -0.4 is 5.32 Å². The molecule has 1 aliphatic rings.